The van der Waals surface area contributed by atoms with Crippen molar-refractivity contribution in [2.24, 2.45) is 5.41 Å². The quantitative estimate of drug-likeness (QED) is 0.691. The Balaban J connectivity index is 2.06. The average molecular weight is 251 g/mol. The summed E-state index contributed by atoms with van der Waals surface area (Å²) in [5.74, 6) is -0.254. The van der Waals surface area contributed by atoms with Crippen LogP contribution in [0, 0.1) is 5.41 Å². The van der Waals surface area contributed by atoms with Crippen LogP contribution in [0.3, 0.4) is 0 Å². The lowest BCUT2D eigenvalue weighted by molar-refractivity contribution is -0.142. The molecular weight excluding hydrogens is 239 g/mol. The van der Waals surface area contributed by atoms with Gasteiger partial charge in [0.15, 0.2) is 0 Å². The second-order valence-electron chi connectivity index (χ2n) is 4.29. The van der Waals surface area contributed by atoms with Crippen molar-refractivity contribution in [3.8, 4) is 0 Å². The van der Waals surface area contributed by atoms with Gasteiger partial charge in [-0.2, -0.15) is 0 Å². The number of hydrogen-bond acceptors (Lipinski definition) is 2. The topological polar surface area (TPSA) is 49.4 Å². The second-order valence-corrected chi connectivity index (χ2v) is 5.77. The van der Waals surface area contributed by atoms with Crippen molar-refractivity contribution < 1.29 is 9.59 Å². The van der Waals surface area contributed by atoms with Crippen LogP contribution in [-0.4, -0.2) is 40.7 Å². The van der Waals surface area contributed by atoms with Gasteiger partial charge in [0.05, 0.1) is 12.0 Å². The molecule has 1 N–H and O–H groups in total. The van der Waals surface area contributed by atoms with E-state index in [0.29, 0.717) is 19.5 Å². The highest BCUT2D eigenvalue weighted by molar-refractivity contribution is 6.53. The van der Waals surface area contributed by atoms with Gasteiger partial charge in [-0.25, -0.2) is 0 Å². The molecule has 15 heavy (non-hydrogen) atoms. The molecule has 2 fully saturated rings. The van der Waals surface area contributed by atoms with E-state index in [2.05, 4.69) is 5.32 Å². The van der Waals surface area contributed by atoms with Crippen molar-refractivity contribution in [1.29, 1.82) is 0 Å². The van der Waals surface area contributed by atoms with Crippen LogP contribution < -0.4 is 5.32 Å². The van der Waals surface area contributed by atoms with Crippen LogP contribution in [0.1, 0.15) is 13.3 Å². The van der Waals surface area contributed by atoms with Crippen molar-refractivity contribution in [2.45, 2.75) is 17.7 Å². The lowest BCUT2D eigenvalue weighted by atomic mass is 10.1. The molecule has 0 aromatic rings. The lowest BCUT2D eigenvalue weighted by Gasteiger charge is -2.29. The SMILES string of the molecule is C[C@]1(C(=O)N2CCNC(=O)C2)CC1(Cl)Cl. The molecule has 1 heterocycles. The fraction of sp³-hybridized carbons (Fsp3) is 0.778. The highest BCUT2D eigenvalue weighted by Crippen LogP contribution is 2.64. The van der Waals surface area contributed by atoms with Crippen LogP contribution in [0.5, 0.6) is 0 Å². The molecule has 1 saturated heterocycles. The molecule has 1 aliphatic heterocycles. The van der Waals surface area contributed by atoms with Gasteiger partial charge >= 0.3 is 0 Å². The molecule has 0 spiro atoms. The number of hydrogen-bond donors (Lipinski definition) is 1. The van der Waals surface area contributed by atoms with E-state index in [0.717, 1.165) is 0 Å². The van der Waals surface area contributed by atoms with Crippen LogP contribution in [-0.2, 0) is 9.59 Å². The van der Waals surface area contributed by atoms with Crippen molar-refractivity contribution in [3.05, 3.63) is 0 Å². The number of carbonyl (C=O) groups is 2. The monoisotopic (exact) mass is 250 g/mol. The first-order chi connectivity index (χ1) is 6.87. The van der Waals surface area contributed by atoms with Crippen LogP contribution >= 0.6 is 23.2 Å². The van der Waals surface area contributed by atoms with Crippen molar-refractivity contribution in [1.82, 2.24) is 10.2 Å². The zero-order chi connectivity index (χ0) is 11.3. The van der Waals surface area contributed by atoms with Gasteiger partial charge in [-0.15, -0.1) is 23.2 Å². The molecule has 0 aromatic carbocycles. The molecule has 2 amide bonds. The van der Waals surface area contributed by atoms with Crippen LogP contribution in [0.25, 0.3) is 0 Å². The zero-order valence-electron chi connectivity index (χ0n) is 8.35. The molecule has 84 valence electrons. The highest BCUT2D eigenvalue weighted by Gasteiger charge is 2.68. The maximum atomic E-state index is 12.0. The number of alkyl halides is 2. The first-order valence-corrected chi connectivity index (χ1v) is 5.56. The molecule has 6 heteroatoms. The lowest BCUT2D eigenvalue weighted by Crippen LogP contribution is -2.52. The Morgan fingerprint density at radius 1 is 1.53 bits per heavy atom. The zero-order valence-corrected chi connectivity index (χ0v) is 9.86. The highest BCUT2D eigenvalue weighted by atomic mass is 35.5. The van der Waals surface area contributed by atoms with Gasteiger partial charge in [-0.1, -0.05) is 0 Å². The Kier molecular flexibility index (Phi) is 2.39. The van der Waals surface area contributed by atoms with E-state index in [4.69, 9.17) is 23.2 Å². The molecule has 2 rings (SSSR count). The Morgan fingerprint density at radius 2 is 2.13 bits per heavy atom. The minimum Gasteiger partial charge on any atom is -0.353 e. The average Bonchev–Trinajstić information content (AvgIpc) is 2.66. The summed E-state index contributed by atoms with van der Waals surface area (Å²) in [6.45, 7) is 2.88. The number of rotatable bonds is 1. The third-order valence-corrected chi connectivity index (χ3v) is 4.16. The van der Waals surface area contributed by atoms with Gasteiger partial charge in [0, 0.05) is 13.1 Å². The molecule has 0 aromatic heterocycles. The van der Waals surface area contributed by atoms with E-state index >= 15 is 0 Å². The Labute approximate surface area is 97.9 Å². The van der Waals surface area contributed by atoms with E-state index < -0.39 is 9.75 Å². The molecule has 0 unspecified atom stereocenters. The summed E-state index contributed by atoms with van der Waals surface area (Å²) in [4.78, 5) is 24.7. The summed E-state index contributed by atoms with van der Waals surface area (Å²) in [5.41, 5.74) is -0.715. The van der Waals surface area contributed by atoms with Crippen molar-refractivity contribution in [2.75, 3.05) is 19.6 Å². The van der Waals surface area contributed by atoms with Crippen molar-refractivity contribution >= 4 is 35.0 Å². The van der Waals surface area contributed by atoms with Gasteiger partial charge in [0.2, 0.25) is 11.8 Å². The Hall–Kier alpha value is -0.480. The molecule has 0 bridgehead atoms. The van der Waals surface area contributed by atoms with Gasteiger partial charge in [-0.05, 0) is 13.3 Å². The smallest absolute Gasteiger partial charge is 0.239 e. The van der Waals surface area contributed by atoms with E-state index in [1.54, 1.807) is 6.92 Å². The standard InChI is InChI=1S/C9H12Cl2N2O2/c1-8(5-9(8,10)11)7(15)13-3-2-12-6(14)4-13/h2-5H2,1H3,(H,12,14)/t8-/m1/s1. The molecular formula is C9H12Cl2N2O2. The van der Waals surface area contributed by atoms with Gasteiger partial charge < -0.3 is 10.2 Å². The molecule has 4 nitrogen and oxygen atoms in total. The summed E-state index contributed by atoms with van der Waals surface area (Å²) in [6, 6.07) is 0. The predicted octanol–water partition coefficient (Wildman–Crippen LogP) is 0.529. The van der Waals surface area contributed by atoms with E-state index in [1.807, 2.05) is 0 Å². The summed E-state index contributed by atoms with van der Waals surface area (Å²) in [5, 5.41) is 2.66. The fourth-order valence-electron chi connectivity index (χ4n) is 1.79. The van der Waals surface area contributed by atoms with Crippen LogP contribution in [0.15, 0.2) is 0 Å². The minimum atomic E-state index is -0.960. The normalized spacial score (nSPS) is 33.5. The number of amides is 2. The van der Waals surface area contributed by atoms with E-state index in [9.17, 15) is 9.59 Å². The first kappa shape index (κ1) is 11.0. The van der Waals surface area contributed by atoms with Crippen LogP contribution in [0.4, 0.5) is 0 Å². The summed E-state index contributed by atoms with van der Waals surface area (Å²) < 4.78 is -0.960. The third-order valence-electron chi connectivity index (χ3n) is 3.06. The Morgan fingerprint density at radius 3 is 2.60 bits per heavy atom. The van der Waals surface area contributed by atoms with Gasteiger partial charge in [0.25, 0.3) is 0 Å². The van der Waals surface area contributed by atoms with Gasteiger partial charge in [-0.3, -0.25) is 9.59 Å². The first-order valence-electron chi connectivity index (χ1n) is 4.81. The fourth-order valence-corrected chi connectivity index (χ4v) is 2.49. The maximum Gasteiger partial charge on any atom is 0.239 e. The van der Waals surface area contributed by atoms with Crippen LogP contribution in [0.2, 0.25) is 0 Å². The molecule has 1 aliphatic carbocycles. The van der Waals surface area contributed by atoms with E-state index in [-0.39, 0.29) is 18.4 Å². The number of piperazine rings is 1. The summed E-state index contributed by atoms with van der Waals surface area (Å²) >= 11 is 11.8. The molecule has 1 saturated carbocycles. The number of nitrogens with zero attached hydrogens (tertiary/aromatic N) is 1. The second kappa shape index (κ2) is 3.25. The predicted molar refractivity (Wildman–Crippen MR) is 56.8 cm³/mol. The summed E-state index contributed by atoms with van der Waals surface area (Å²) in [6.07, 6.45) is 0.458. The van der Waals surface area contributed by atoms with E-state index in [1.165, 1.54) is 4.90 Å². The van der Waals surface area contributed by atoms with Gasteiger partial charge in [0.1, 0.15) is 4.33 Å². The maximum absolute atomic E-state index is 12.0. The third kappa shape index (κ3) is 1.70. The number of carbonyl (C=O) groups excluding carboxylic acids is 2. The molecule has 0 radical (unpaired) electrons. The number of halogens is 2. The number of nitrogens with one attached hydrogen (secondary N) is 1. The summed E-state index contributed by atoms with van der Waals surface area (Å²) in [7, 11) is 0. The minimum absolute atomic E-state index is 0.109. The molecule has 2 aliphatic rings. The largest absolute Gasteiger partial charge is 0.353 e. The Bertz CT molecular complexity index is 332. The van der Waals surface area contributed by atoms with Crippen molar-refractivity contribution in [3.63, 3.8) is 0 Å². The molecule has 1 atom stereocenters.